The highest BCUT2D eigenvalue weighted by molar-refractivity contribution is 7.15. The summed E-state index contributed by atoms with van der Waals surface area (Å²) in [7, 11) is 0. The molecular weight excluding hydrogens is 408 g/mol. The third kappa shape index (κ3) is 5.70. The second-order valence-electron chi connectivity index (χ2n) is 7.78. The van der Waals surface area contributed by atoms with Crippen LogP contribution in [-0.4, -0.2) is 22.3 Å². The average molecular weight is 429 g/mol. The maximum Gasteiger partial charge on any atom is 0.257 e. The molecule has 0 bridgehead atoms. The molecule has 2 aromatic carbocycles. The first-order valence-corrected chi connectivity index (χ1v) is 10.0. The number of nitrogens with zero attached hydrogens (tertiary/aromatic N) is 1. The molecule has 1 heterocycles. The zero-order chi connectivity index (χ0) is 21.9. The Labute approximate surface area is 177 Å². The molecule has 0 fully saturated rings. The number of rotatable bonds is 5. The highest BCUT2D eigenvalue weighted by Gasteiger charge is 2.16. The van der Waals surface area contributed by atoms with Crippen LogP contribution in [0.1, 0.15) is 51.9 Å². The number of thiazole rings is 1. The van der Waals surface area contributed by atoms with Crippen molar-refractivity contribution in [2.75, 3.05) is 5.32 Å². The minimum absolute atomic E-state index is 0.216. The van der Waals surface area contributed by atoms with Crippen molar-refractivity contribution < 1.29 is 18.4 Å². The summed E-state index contributed by atoms with van der Waals surface area (Å²) in [6, 6.07) is 9.73. The number of hydrogen-bond donors (Lipinski definition) is 2. The molecule has 0 saturated heterocycles. The molecule has 0 atom stereocenters. The van der Waals surface area contributed by atoms with Crippen LogP contribution in [-0.2, 0) is 6.42 Å². The number of halogens is 2. The van der Waals surface area contributed by atoms with Gasteiger partial charge >= 0.3 is 0 Å². The molecule has 3 rings (SSSR count). The minimum Gasteiger partial charge on any atom is -0.347 e. The molecule has 1 aromatic heterocycles. The van der Waals surface area contributed by atoms with Crippen LogP contribution in [0.3, 0.4) is 0 Å². The number of hydrogen-bond acceptors (Lipinski definition) is 4. The van der Waals surface area contributed by atoms with E-state index in [1.807, 2.05) is 20.8 Å². The van der Waals surface area contributed by atoms with Crippen LogP contribution >= 0.6 is 11.3 Å². The van der Waals surface area contributed by atoms with Gasteiger partial charge in [0, 0.05) is 40.2 Å². The maximum atomic E-state index is 13.8. The normalized spacial score (nSPS) is 11.2. The third-order valence-electron chi connectivity index (χ3n) is 4.05. The van der Waals surface area contributed by atoms with Crippen molar-refractivity contribution >= 4 is 28.3 Å². The van der Waals surface area contributed by atoms with Gasteiger partial charge in [0.2, 0.25) is 0 Å². The van der Waals surface area contributed by atoms with Gasteiger partial charge in [-0.05, 0) is 56.7 Å². The van der Waals surface area contributed by atoms with E-state index in [2.05, 4.69) is 15.6 Å². The van der Waals surface area contributed by atoms with Crippen LogP contribution in [0, 0.1) is 11.6 Å². The fraction of sp³-hybridized carbons (Fsp3) is 0.227. The molecule has 0 saturated carbocycles. The van der Waals surface area contributed by atoms with Crippen LogP contribution in [0.15, 0.2) is 48.7 Å². The summed E-state index contributed by atoms with van der Waals surface area (Å²) >= 11 is 1.21. The predicted molar refractivity (Wildman–Crippen MR) is 113 cm³/mol. The quantitative estimate of drug-likeness (QED) is 0.612. The fourth-order valence-corrected chi connectivity index (χ4v) is 3.49. The monoisotopic (exact) mass is 429 g/mol. The molecule has 0 spiro atoms. The van der Waals surface area contributed by atoms with E-state index >= 15 is 0 Å². The summed E-state index contributed by atoms with van der Waals surface area (Å²) < 4.78 is 26.8. The first kappa shape index (κ1) is 21.6. The van der Waals surface area contributed by atoms with E-state index in [1.54, 1.807) is 30.5 Å². The first-order chi connectivity index (χ1) is 14.1. The topological polar surface area (TPSA) is 71.1 Å². The standard InChI is InChI=1S/C22H21F2N3O2S/c1-22(2,3)27-20(29)14-6-4-13(5-7-14)19(28)26-21-25-12-17(30-21)10-15-8-9-16(23)11-18(15)24/h4-9,11-12H,10H2,1-3H3,(H,27,29)(H,25,26,28). The molecule has 8 heteroatoms. The molecule has 0 aliphatic heterocycles. The van der Waals surface area contributed by atoms with Crippen molar-refractivity contribution in [3.05, 3.63) is 81.9 Å². The van der Waals surface area contributed by atoms with Gasteiger partial charge in [-0.15, -0.1) is 11.3 Å². The van der Waals surface area contributed by atoms with E-state index in [4.69, 9.17) is 0 Å². The molecule has 0 aliphatic rings. The molecule has 0 unspecified atom stereocenters. The van der Waals surface area contributed by atoms with Crippen LogP contribution in [0.4, 0.5) is 13.9 Å². The number of carbonyl (C=O) groups excluding carboxylic acids is 2. The molecule has 2 amide bonds. The van der Waals surface area contributed by atoms with Crippen LogP contribution in [0.2, 0.25) is 0 Å². The zero-order valence-electron chi connectivity index (χ0n) is 16.8. The van der Waals surface area contributed by atoms with Crippen molar-refractivity contribution in [2.45, 2.75) is 32.7 Å². The SMILES string of the molecule is CC(C)(C)NC(=O)c1ccc(C(=O)Nc2ncc(Cc3ccc(F)cc3F)s2)cc1. The second kappa shape index (κ2) is 8.71. The smallest absolute Gasteiger partial charge is 0.257 e. The Morgan fingerprint density at radius 1 is 1.00 bits per heavy atom. The number of nitrogens with one attached hydrogen (secondary N) is 2. The van der Waals surface area contributed by atoms with Crippen molar-refractivity contribution in [3.8, 4) is 0 Å². The van der Waals surface area contributed by atoms with E-state index in [9.17, 15) is 18.4 Å². The second-order valence-corrected chi connectivity index (χ2v) is 8.90. The summed E-state index contributed by atoms with van der Waals surface area (Å²) in [5.41, 5.74) is 0.831. The average Bonchev–Trinajstić information content (AvgIpc) is 3.09. The van der Waals surface area contributed by atoms with Gasteiger partial charge in [-0.2, -0.15) is 0 Å². The lowest BCUT2D eigenvalue weighted by Gasteiger charge is -2.20. The van der Waals surface area contributed by atoms with Gasteiger partial charge in [0.25, 0.3) is 11.8 Å². The molecular formula is C22H21F2N3O2S. The Bertz CT molecular complexity index is 1070. The third-order valence-corrected chi connectivity index (χ3v) is 4.96. The number of carbonyl (C=O) groups is 2. The summed E-state index contributed by atoms with van der Waals surface area (Å²) in [5.74, 6) is -1.83. The van der Waals surface area contributed by atoms with E-state index in [1.165, 1.54) is 23.5 Å². The van der Waals surface area contributed by atoms with Gasteiger partial charge in [0.05, 0.1) is 0 Å². The van der Waals surface area contributed by atoms with Crippen molar-refractivity contribution in [2.24, 2.45) is 0 Å². The summed E-state index contributed by atoms with van der Waals surface area (Å²) in [6.07, 6.45) is 1.79. The predicted octanol–water partition coefficient (Wildman–Crippen LogP) is 4.79. The van der Waals surface area contributed by atoms with E-state index in [-0.39, 0.29) is 23.8 Å². The van der Waals surface area contributed by atoms with Crippen molar-refractivity contribution in [1.82, 2.24) is 10.3 Å². The Hall–Kier alpha value is -3.13. The number of aromatic nitrogens is 1. The minimum atomic E-state index is -0.629. The summed E-state index contributed by atoms with van der Waals surface area (Å²) in [6.45, 7) is 5.67. The fourth-order valence-electron chi connectivity index (χ4n) is 2.65. The largest absolute Gasteiger partial charge is 0.347 e. The Morgan fingerprint density at radius 3 is 2.23 bits per heavy atom. The highest BCUT2D eigenvalue weighted by atomic mass is 32.1. The molecule has 0 radical (unpaired) electrons. The lowest BCUT2D eigenvalue weighted by atomic mass is 10.1. The van der Waals surface area contributed by atoms with Crippen LogP contribution in [0.5, 0.6) is 0 Å². The molecule has 5 nitrogen and oxygen atoms in total. The van der Waals surface area contributed by atoms with E-state index in [0.717, 1.165) is 10.9 Å². The Morgan fingerprint density at radius 2 is 1.63 bits per heavy atom. The maximum absolute atomic E-state index is 13.8. The van der Waals surface area contributed by atoms with Gasteiger partial charge in [0.1, 0.15) is 11.6 Å². The first-order valence-electron chi connectivity index (χ1n) is 9.23. The lowest BCUT2D eigenvalue weighted by molar-refractivity contribution is 0.0918. The number of amides is 2. The Kier molecular flexibility index (Phi) is 6.26. The molecule has 3 aromatic rings. The van der Waals surface area contributed by atoms with Gasteiger partial charge in [-0.3, -0.25) is 14.9 Å². The lowest BCUT2D eigenvalue weighted by Crippen LogP contribution is -2.40. The van der Waals surface area contributed by atoms with Gasteiger partial charge in [-0.25, -0.2) is 13.8 Å². The van der Waals surface area contributed by atoms with E-state index < -0.39 is 11.6 Å². The zero-order valence-corrected chi connectivity index (χ0v) is 17.6. The van der Waals surface area contributed by atoms with Gasteiger partial charge in [0.15, 0.2) is 5.13 Å². The van der Waals surface area contributed by atoms with Crippen LogP contribution < -0.4 is 10.6 Å². The van der Waals surface area contributed by atoms with Crippen molar-refractivity contribution in [3.63, 3.8) is 0 Å². The van der Waals surface area contributed by atoms with Crippen molar-refractivity contribution in [1.29, 1.82) is 0 Å². The molecule has 2 N–H and O–H groups in total. The summed E-state index contributed by atoms with van der Waals surface area (Å²) in [4.78, 5) is 29.5. The van der Waals surface area contributed by atoms with Crippen LogP contribution in [0.25, 0.3) is 0 Å². The number of benzene rings is 2. The molecule has 0 aliphatic carbocycles. The Balaban J connectivity index is 1.63. The summed E-state index contributed by atoms with van der Waals surface area (Å²) in [5, 5.41) is 5.92. The highest BCUT2D eigenvalue weighted by Crippen LogP contribution is 2.23. The van der Waals surface area contributed by atoms with Gasteiger partial charge < -0.3 is 5.32 Å². The van der Waals surface area contributed by atoms with Gasteiger partial charge in [-0.1, -0.05) is 6.07 Å². The van der Waals surface area contributed by atoms with E-state index in [0.29, 0.717) is 21.8 Å². The molecule has 30 heavy (non-hydrogen) atoms. The molecule has 156 valence electrons. The number of anilines is 1.